The highest BCUT2D eigenvalue weighted by molar-refractivity contribution is 5.69. The van der Waals surface area contributed by atoms with Gasteiger partial charge in [0.1, 0.15) is 5.75 Å². The molecule has 126 valence electrons. The number of rotatable bonds is 5. The predicted octanol–water partition coefficient (Wildman–Crippen LogP) is 2.61. The summed E-state index contributed by atoms with van der Waals surface area (Å²) in [6.07, 6.45) is 4.98. The van der Waals surface area contributed by atoms with Gasteiger partial charge in [0, 0.05) is 6.42 Å². The molecule has 1 aromatic rings. The predicted molar refractivity (Wildman–Crippen MR) is 86.1 cm³/mol. The molecule has 1 aliphatic rings. The SMILES string of the molecule is COc1ccc(COC[C@H]2OC(=O)CCC/C=C/C[C@@H]2O)cc1. The Morgan fingerprint density at radius 3 is 2.78 bits per heavy atom. The van der Waals surface area contributed by atoms with E-state index in [1.165, 1.54) is 0 Å². The van der Waals surface area contributed by atoms with Crippen molar-refractivity contribution in [2.75, 3.05) is 13.7 Å². The third-order valence-corrected chi connectivity index (χ3v) is 3.72. The smallest absolute Gasteiger partial charge is 0.306 e. The van der Waals surface area contributed by atoms with E-state index in [0.29, 0.717) is 19.4 Å². The number of ether oxygens (including phenoxy) is 3. The second-order valence-corrected chi connectivity index (χ2v) is 5.56. The van der Waals surface area contributed by atoms with Crippen LogP contribution in [0.15, 0.2) is 36.4 Å². The number of hydrogen-bond acceptors (Lipinski definition) is 5. The van der Waals surface area contributed by atoms with E-state index in [4.69, 9.17) is 14.2 Å². The van der Waals surface area contributed by atoms with Gasteiger partial charge in [-0.15, -0.1) is 0 Å². The molecule has 0 fully saturated rings. The van der Waals surface area contributed by atoms with Crippen LogP contribution in [0.3, 0.4) is 0 Å². The fourth-order valence-corrected chi connectivity index (χ4v) is 2.34. The maximum atomic E-state index is 11.7. The van der Waals surface area contributed by atoms with Gasteiger partial charge in [-0.3, -0.25) is 4.79 Å². The van der Waals surface area contributed by atoms with Crippen LogP contribution in [0.5, 0.6) is 5.75 Å². The molecule has 1 aliphatic heterocycles. The molecular formula is C18H24O5. The third kappa shape index (κ3) is 6.04. The molecule has 0 spiro atoms. The van der Waals surface area contributed by atoms with E-state index in [1.54, 1.807) is 7.11 Å². The highest BCUT2D eigenvalue weighted by atomic mass is 16.6. The lowest BCUT2D eigenvalue weighted by atomic mass is 10.1. The molecule has 0 amide bonds. The molecule has 0 unspecified atom stereocenters. The summed E-state index contributed by atoms with van der Waals surface area (Å²) in [7, 11) is 1.62. The molecular weight excluding hydrogens is 296 g/mol. The van der Waals surface area contributed by atoms with E-state index in [1.807, 2.05) is 36.4 Å². The molecule has 5 nitrogen and oxygen atoms in total. The Hall–Kier alpha value is -1.85. The summed E-state index contributed by atoms with van der Waals surface area (Å²) in [5.41, 5.74) is 0.992. The van der Waals surface area contributed by atoms with E-state index in [-0.39, 0.29) is 12.6 Å². The van der Waals surface area contributed by atoms with Gasteiger partial charge in [0.2, 0.25) is 0 Å². The van der Waals surface area contributed by atoms with Crippen molar-refractivity contribution in [3.05, 3.63) is 42.0 Å². The van der Waals surface area contributed by atoms with Crippen LogP contribution < -0.4 is 4.74 Å². The quantitative estimate of drug-likeness (QED) is 0.667. The molecule has 0 aromatic heterocycles. The van der Waals surface area contributed by atoms with E-state index >= 15 is 0 Å². The molecule has 5 heteroatoms. The molecule has 0 bridgehead atoms. The van der Waals surface area contributed by atoms with Crippen LogP contribution in [-0.2, 0) is 20.9 Å². The molecule has 2 atom stereocenters. The lowest BCUT2D eigenvalue weighted by molar-refractivity contribution is -0.160. The first-order valence-electron chi connectivity index (χ1n) is 7.92. The molecule has 23 heavy (non-hydrogen) atoms. The maximum Gasteiger partial charge on any atom is 0.306 e. The third-order valence-electron chi connectivity index (χ3n) is 3.72. The molecule has 1 N–H and O–H groups in total. The highest BCUT2D eigenvalue weighted by Gasteiger charge is 2.23. The molecule has 1 aromatic carbocycles. The second-order valence-electron chi connectivity index (χ2n) is 5.56. The van der Waals surface area contributed by atoms with Gasteiger partial charge in [-0.05, 0) is 37.0 Å². The second kappa shape index (κ2) is 9.33. The first-order chi connectivity index (χ1) is 11.2. The average molecular weight is 320 g/mol. The van der Waals surface area contributed by atoms with Crippen molar-refractivity contribution in [2.24, 2.45) is 0 Å². The Labute approximate surface area is 136 Å². The molecule has 0 aliphatic carbocycles. The summed E-state index contributed by atoms with van der Waals surface area (Å²) in [5, 5.41) is 10.1. The van der Waals surface area contributed by atoms with Crippen molar-refractivity contribution < 1.29 is 24.1 Å². The Morgan fingerprint density at radius 1 is 1.26 bits per heavy atom. The summed E-state index contributed by atoms with van der Waals surface area (Å²) in [5.74, 6) is 0.509. The lowest BCUT2D eigenvalue weighted by Gasteiger charge is -2.23. The standard InChI is InChI=1S/C18H24O5/c1-21-15-10-8-14(9-11-15)12-22-13-17-16(19)6-4-2-3-5-7-18(20)23-17/h2,4,8-11,16-17,19H,3,5-7,12-13H2,1H3/b4-2+/t16-,17+/m0/s1. The van der Waals surface area contributed by atoms with Gasteiger partial charge in [0.25, 0.3) is 0 Å². The Bertz CT molecular complexity index is 509. The van der Waals surface area contributed by atoms with E-state index in [9.17, 15) is 9.90 Å². The van der Waals surface area contributed by atoms with Crippen LogP contribution in [0.2, 0.25) is 0 Å². The summed E-state index contributed by atoms with van der Waals surface area (Å²) in [4.78, 5) is 11.7. The van der Waals surface area contributed by atoms with Crippen LogP contribution >= 0.6 is 0 Å². The number of aliphatic hydroxyl groups is 1. The number of carbonyl (C=O) groups is 1. The first kappa shape index (κ1) is 17.5. The van der Waals surface area contributed by atoms with Crippen LogP contribution in [0, 0.1) is 0 Å². The molecule has 0 radical (unpaired) electrons. The van der Waals surface area contributed by atoms with Crippen molar-refractivity contribution in [3.8, 4) is 5.75 Å². The van der Waals surface area contributed by atoms with Crippen molar-refractivity contribution in [2.45, 2.75) is 44.5 Å². The van der Waals surface area contributed by atoms with Gasteiger partial charge in [0.05, 0.1) is 26.4 Å². The Morgan fingerprint density at radius 2 is 2.04 bits per heavy atom. The van der Waals surface area contributed by atoms with Gasteiger partial charge >= 0.3 is 5.97 Å². The van der Waals surface area contributed by atoms with Crippen molar-refractivity contribution >= 4 is 5.97 Å². The monoisotopic (exact) mass is 320 g/mol. The normalized spacial score (nSPS) is 23.8. The number of aliphatic hydroxyl groups excluding tert-OH is 1. The number of allylic oxidation sites excluding steroid dienone is 1. The largest absolute Gasteiger partial charge is 0.497 e. The first-order valence-corrected chi connectivity index (χ1v) is 7.92. The van der Waals surface area contributed by atoms with Crippen LogP contribution in [0.25, 0.3) is 0 Å². The Kier molecular flexibility index (Phi) is 7.10. The number of esters is 1. The number of benzene rings is 1. The summed E-state index contributed by atoms with van der Waals surface area (Å²) in [6, 6.07) is 7.55. The zero-order valence-electron chi connectivity index (χ0n) is 13.4. The minimum absolute atomic E-state index is 0.173. The number of hydrogen-bond donors (Lipinski definition) is 1. The molecule has 2 rings (SSSR count). The lowest BCUT2D eigenvalue weighted by Crippen LogP contribution is -2.35. The highest BCUT2D eigenvalue weighted by Crippen LogP contribution is 2.14. The van der Waals surface area contributed by atoms with E-state index in [0.717, 1.165) is 24.2 Å². The Balaban J connectivity index is 1.85. The van der Waals surface area contributed by atoms with Gasteiger partial charge in [-0.2, -0.15) is 0 Å². The van der Waals surface area contributed by atoms with Crippen molar-refractivity contribution in [3.63, 3.8) is 0 Å². The van der Waals surface area contributed by atoms with Crippen molar-refractivity contribution in [1.29, 1.82) is 0 Å². The zero-order chi connectivity index (χ0) is 16.5. The minimum Gasteiger partial charge on any atom is -0.497 e. The fourth-order valence-electron chi connectivity index (χ4n) is 2.34. The molecule has 0 saturated carbocycles. The fraction of sp³-hybridized carbons (Fsp3) is 0.500. The molecule has 1 heterocycles. The van der Waals surface area contributed by atoms with Gasteiger partial charge in [-0.25, -0.2) is 0 Å². The van der Waals surface area contributed by atoms with Crippen molar-refractivity contribution in [1.82, 2.24) is 0 Å². The zero-order valence-corrected chi connectivity index (χ0v) is 13.4. The number of carbonyl (C=O) groups excluding carboxylic acids is 1. The van der Waals surface area contributed by atoms with Gasteiger partial charge in [0.15, 0.2) is 6.10 Å². The van der Waals surface area contributed by atoms with E-state index < -0.39 is 12.2 Å². The van der Waals surface area contributed by atoms with Gasteiger partial charge in [-0.1, -0.05) is 24.3 Å². The van der Waals surface area contributed by atoms with Crippen LogP contribution in [-0.4, -0.2) is 37.0 Å². The minimum atomic E-state index is -0.746. The van der Waals surface area contributed by atoms with E-state index in [2.05, 4.69) is 0 Å². The van der Waals surface area contributed by atoms with Crippen LogP contribution in [0.1, 0.15) is 31.2 Å². The summed E-state index contributed by atoms with van der Waals surface area (Å²) in [6.45, 7) is 0.563. The maximum absolute atomic E-state index is 11.7. The van der Waals surface area contributed by atoms with Crippen LogP contribution in [0.4, 0.5) is 0 Å². The number of cyclic esters (lactones) is 1. The topological polar surface area (TPSA) is 65.0 Å². The average Bonchev–Trinajstić information content (AvgIpc) is 2.57. The molecule has 0 saturated heterocycles. The summed E-state index contributed by atoms with van der Waals surface area (Å²) < 4.78 is 16.1. The summed E-state index contributed by atoms with van der Waals surface area (Å²) >= 11 is 0. The number of methoxy groups -OCH3 is 1. The van der Waals surface area contributed by atoms with Gasteiger partial charge < -0.3 is 19.3 Å².